The first-order valence-corrected chi connectivity index (χ1v) is 5.12. The molecular weight excluding hydrogens is 240 g/mol. The van der Waals surface area contributed by atoms with Gasteiger partial charge in [-0.15, -0.1) is 0 Å². The molecule has 0 aliphatic carbocycles. The molecule has 0 aliphatic rings. The van der Waals surface area contributed by atoms with Gasteiger partial charge >= 0.3 is 5.97 Å². The molecule has 7 heteroatoms. The van der Waals surface area contributed by atoms with Crippen LogP contribution in [0.3, 0.4) is 0 Å². The number of nitro groups is 1. The SMILES string of the molecule is Cc1cccc([N+](=O)[O-])c1C(=O)NC(C)C(=O)O. The van der Waals surface area contributed by atoms with Crippen molar-refractivity contribution in [3.05, 3.63) is 39.4 Å². The second kappa shape index (κ2) is 5.26. The topological polar surface area (TPSA) is 110 Å². The van der Waals surface area contributed by atoms with Gasteiger partial charge in [-0.2, -0.15) is 0 Å². The Bertz CT molecular complexity index is 512. The van der Waals surface area contributed by atoms with Gasteiger partial charge < -0.3 is 10.4 Å². The maximum atomic E-state index is 11.8. The Morgan fingerprint density at radius 3 is 2.56 bits per heavy atom. The van der Waals surface area contributed by atoms with Crippen LogP contribution in [-0.2, 0) is 4.79 Å². The number of aliphatic carboxylic acids is 1. The molecule has 0 heterocycles. The van der Waals surface area contributed by atoms with E-state index in [2.05, 4.69) is 5.32 Å². The number of carbonyl (C=O) groups excluding carboxylic acids is 1. The zero-order chi connectivity index (χ0) is 13.9. The lowest BCUT2D eigenvalue weighted by molar-refractivity contribution is -0.385. The van der Waals surface area contributed by atoms with Gasteiger partial charge in [-0.1, -0.05) is 12.1 Å². The van der Waals surface area contributed by atoms with Gasteiger partial charge in [0.25, 0.3) is 11.6 Å². The Labute approximate surface area is 103 Å². The third-order valence-electron chi connectivity index (χ3n) is 2.39. The summed E-state index contributed by atoms with van der Waals surface area (Å²) in [5.74, 6) is -1.98. The third-order valence-corrected chi connectivity index (χ3v) is 2.39. The Hall–Kier alpha value is -2.44. The van der Waals surface area contributed by atoms with Crippen LogP contribution in [0.5, 0.6) is 0 Å². The highest BCUT2D eigenvalue weighted by molar-refractivity contribution is 6.01. The van der Waals surface area contributed by atoms with E-state index >= 15 is 0 Å². The molecule has 1 amide bonds. The van der Waals surface area contributed by atoms with Crippen molar-refractivity contribution in [2.75, 3.05) is 0 Å². The van der Waals surface area contributed by atoms with Crippen molar-refractivity contribution in [1.29, 1.82) is 0 Å². The van der Waals surface area contributed by atoms with Crippen LogP contribution in [0.25, 0.3) is 0 Å². The van der Waals surface area contributed by atoms with Crippen LogP contribution in [0.4, 0.5) is 5.69 Å². The highest BCUT2D eigenvalue weighted by Gasteiger charge is 2.24. The molecule has 7 nitrogen and oxygen atoms in total. The van der Waals surface area contributed by atoms with E-state index in [1.54, 1.807) is 13.0 Å². The van der Waals surface area contributed by atoms with Gasteiger partial charge in [-0.05, 0) is 19.4 Å². The Morgan fingerprint density at radius 1 is 1.44 bits per heavy atom. The molecule has 96 valence electrons. The molecule has 0 spiro atoms. The normalized spacial score (nSPS) is 11.7. The lowest BCUT2D eigenvalue weighted by Gasteiger charge is -2.11. The van der Waals surface area contributed by atoms with Crippen molar-refractivity contribution in [2.24, 2.45) is 0 Å². The molecule has 0 fully saturated rings. The van der Waals surface area contributed by atoms with Crippen LogP contribution in [0.1, 0.15) is 22.8 Å². The predicted molar refractivity (Wildman–Crippen MR) is 62.4 cm³/mol. The van der Waals surface area contributed by atoms with Crippen LogP contribution < -0.4 is 5.32 Å². The highest BCUT2D eigenvalue weighted by atomic mass is 16.6. The van der Waals surface area contributed by atoms with E-state index in [-0.39, 0.29) is 11.3 Å². The number of hydrogen-bond donors (Lipinski definition) is 2. The highest BCUT2D eigenvalue weighted by Crippen LogP contribution is 2.21. The summed E-state index contributed by atoms with van der Waals surface area (Å²) in [6.07, 6.45) is 0. The second-order valence-corrected chi connectivity index (χ2v) is 3.76. The monoisotopic (exact) mass is 252 g/mol. The number of amides is 1. The molecule has 0 saturated carbocycles. The predicted octanol–water partition coefficient (Wildman–Crippen LogP) is 1.11. The van der Waals surface area contributed by atoms with Gasteiger partial charge in [0.1, 0.15) is 11.6 Å². The van der Waals surface area contributed by atoms with Gasteiger partial charge in [0, 0.05) is 6.07 Å². The van der Waals surface area contributed by atoms with E-state index < -0.39 is 22.8 Å². The molecular formula is C11H12N2O5. The van der Waals surface area contributed by atoms with E-state index in [1.807, 2.05) is 0 Å². The van der Waals surface area contributed by atoms with Crippen LogP contribution in [0.15, 0.2) is 18.2 Å². The summed E-state index contributed by atoms with van der Waals surface area (Å²) in [6.45, 7) is 2.83. The van der Waals surface area contributed by atoms with Crippen molar-refractivity contribution < 1.29 is 19.6 Å². The minimum absolute atomic E-state index is 0.115. The fraction of sp³-hybridized carbons (Fsp3) is 0.273. The average Bonchev–Trinajstić information content (AvgIpc) is 2.27. The molecule has 0 aromatic heterocycles. The Kier molecular flexibility index (Phi) is 3.98. The minimum atomic E-state index is -1.21. The van der Waals surface area contributed by atoms with E-state index in [0.29, 0.717) is 5.56 Å². The van der Waals surface area contributed by atoms with Crippen LogP contribution in [-0.4, -0.2) is 27.9 Å². The quantitative estimate of drug-likeness (QED) is 0.616. The fourth-order valence-corrected chi connectivity index (χ4v) is 1.43. The molecule has 0 radical (unpaired) electrons. The third kappa shape index (κ3) is 2.82. The summed E-state index contributed by atoms with van der Waals surface area (Å²) in [5, 5.41) is 21.7. The van der Waals surface area contributed by atoms with Crippen LogP contribution >= 0.6 is 0 Å². The fourth-order valence-electron chi connectivity index (χ4n) is 1.43. The first kappa shape index (κ1) is 13.6. The van der Waals surface area contributed by atoms with Gasteiger partial charge in [-0.25, -0.2) is 0 Å². The van der Waals surface area contributed by atoms with Gasteiger partial charge in [-0.3, -0.25) is 19.7 Å². The average molecular weight is 252 g/mol. The molecule has 1 unspecified atom stereocenters. The number of nitrogens with one attached hydrogen (secondary N) is 1. The number of rotatable bonds is 4. The maximum Gasteiger partial charge on any atom is 0.325 e. The molecule has 2 N–H and O–H groups in total. The van der Waals surface area contributed by atoms with Crippen molar-refractivity contribution >= 4 is 17.6 Å². The number of hydrogen-bond acceptors (Lipinski definition) is 4. The minimum Gasteiger partial charge on any atom is -0.480 e. The summed E-state index contributed by atoms with van der Waals surface area (Å²) in [7, 11) is 0. The van der Waals surface area contributed by atoms with Crippen molar-refractivity contribution in [1.82, 2.24) is 5.32 Å². The van der Waals surface area contributed by atoms with Crippen molar-refractivity contribution in [3.8, 4) is 0 Å². The number of carbonyl (C=O) groups is 2. The smallest absolute Gasteiger partial charge is 0.325 e. The van der Waals surface area contributed by atoms with Gasteiger partial charge in [0.15, 0.2) is 0 Å². The Morgan fingerprint density at radius 2 is 2.06 bits per heavy atom. The molecule has 1 atom stereocenters. The number of carboxylic acid groups (broad SMARTS) is 1. The molecule has 1 aromatic rings. The summed E-state index contributed by atoms with van der Waals surface area (Å²) < 4.78 is 0. The summed E-state index contributed by atoms with van der Waals surface area (Å²) >= 11 is 0. The zero-order valence-corrected chi connectivity index (χ0v) is 9.84. The van der Waals surface area contributed by atoms with Gasteiger partial charge in [0.05, 0.1) is 4.92 Å². The van der Waals surface area contributed by atoms with Crippen molar-refractivity contribution in [2.45, 2.75) is 19.9 Å². The summed E-state index contributed by atoms with van der Waals surface area (Å²) in [5.41, 5.74) is -0.0417. The van der Waals surface area contributed by atoms with Crippen LogP contribution in [0, 0.1) is 17.0 Å². The number of nitrogens with zero attached hydrogens (tertiary/aromatic N) is 1. The van der Waals surface area contributed by atoms with Crippen molar-refractivity contribution in [3.63, 3.8) is 0 Å². The number of benzene rings is 1. The largest absolute Gasteiger partial charge is 0.480 e. The van der Waals surface area contributed by atoms with Crippen LogP contribution in [0.2, 0.25) is 0 Å². The number of nitro benzene ring substituents is 1. The summed E-state index contributed by atoms with van der Waals surface area (Å²) in [4.78, 5) is 32.6. The molecule has 18 heavy (non-hydrogen) atoms. The number of carboxylic acids is 1. The first-order chi connectivity index (χ1) is 8.34. The first-order valence-electron chi connectivity index (χ1n) is 5.12. The summed E-state index contributed by atoms with van der Waals surface area (Å²) in [6, 6.07) is 3.10. The van der Waals surface area contributed by atoms with E-state index in [4.69, 9.17) is 5.11 Å². The molecule has 0 aliphatic heterocycles. The van der Waals surface area contributed by atoms with Gasteiger partial charge in [0.2, 0.25) is 0 Å². The molecule has 0 bridgehead atoms. The van der Waals surface area contributed by atoms with E-state index in [9.17, 15) is 19.7 Å². The number of aryl methyl sites for hydroxylation is 1. The molecule has 1 rings (SSSR count). The zero-order valence-electron chi connectivity index (χ0n) is 9.84. The molecule has 0 saturated heterocycles. The van der Waals surface area contributed by atoms with E-state index in [1.165, 1.54) is 19.1 Å². The molecule has 1 aromatic carbocycles. The Balaban J connectivity index is 3.12. The second-order valence-electron chi connectivity index (χ2n) is 3.76. The maximum absolute atomic E-state index is 11.8. The lowest BCUT2D eigenvalue weighted by atomic mass is 10.1. The standard InChI is InChI=1S/C11H12N2O5/c1-6-4-3-5-8(13(17)18)9(6)10(14)12-7(2)11(15)16/h3-5,7H,1-2H3,(H,12,14)(H,15,16). The lowest BCUT2D eigenvalue weighted by Crippen LogP contribution is -2.38. The van der Waals surface area contributed by atoms with E-state index in [0.717, 1.165) is 0 Å².